The van der Waals surface area contributed by atoms with Crippen LogP contribution in [0, 0.1) is 6.92 Å². The molecule has 1 heterocycles. The Morgan fingerprint density at radius 1 is 1.41 bits per heavy atom. The second kappa shape index (κ2) is 8.70. The number of halogens is 1. The van der Waals surface area contributed by atoms with Crippen LogP contribution < -0.4 is 10.6 Å². The van der Waals surface area contributed by atoms with Crippen molar-refractivity contribution in [1.29, 1.82) is 0 Å². The fourth-order valence-corrected chi connectivity index (χ4v) is 3.22. The van der Waals surface area contributed by atoms with Crippen LogP contribution >= 0.6 is 23.8 Å². The first-order valence-corrected chi connectivity index (χ1v) is 8.90. The molecule has 0 saturated carbocycles. The van der Waals surface area contributed by atoms with Crippen molar-refractivity contribution in [3.05, 3.63) is 28.8 Å². The van der Waals surface area contributed by atoms with Crippen molar-refractivity contribution in [2.45, 2.75) is 45.6 Å². The van der Waals surface area contributed by atoms with Gasteiger partial charge in [-0.15, -0.1) is 0 Å². The summed E-state index contributed by atoms with van der Waals surface area (Å²) in [6, 6.07) is 6.61. The van der Waals surface area contributed by atoms with Gasteiger partial charge in [-0.2, -0.15) is 0 Å². The summed E-state index contributed by atoms with van der Waals surface area (Å²) in [6.07, 6.45) is 5.16. The van der Waals surface area contributed by atoms with Gasteiger partial charge in [0, 0.05) is 29.8 Å². The predicted molar refractivity (Wildman–Crippen MR) is 99.9 cm³/mol. The number of thiocarbonyl (C=S) groups is 1. The van der Waals surface area contributed by atoms with E-state index in [-0.39, 0.29) is 0 Å². The van der Waals surface area contributed by atoms with E-state index in [9.17, 15) is 0 Å². The van der Waals surface area contributed by atoms with Gasteiger partial charge in [-0.1, -0.05) is 24.1 Å². The summed E-state index contributed by atoms with van der Waals surface area (Å²) in [5.41, 5.74) is 2.00. The molecule has 0 aromatic heterocycles. The van der Waals surface area contributed by atoms with Gasteiger partial charge in [0.1, 0.15) is 0 Å². The summed E-state index contributed by atoms with van der Waals surface area (Å²) in [7, 11) is 0. The first-order chi connectivity index (χ1) is 10.6. The highest BCUT2D eigenvalue weighted by atomic mass is 35.5. The minimum atomic E-state index is 0.659. The van der Waals surface area contributed by atoms with Crippen LogP contribution in [0.2, 0.25) is 5.02 Å². The van der Waals surface area contributed by atoms with E-state index in [1.54, 1.807) is 0 Å². The summed E-state index contributed by atoms with van der Waals surface area (Å²) >= 11 is 11.4. The molecule has 5 heteroatoms. The SMILES string of the molecule is Cc1ccc(NC(=S)NCCCN2CCCC[C@H]2C)cc1Cl. The second-order valence-corrected chi connectivity index (χ2v) is 6.89. The van der Waals surface area contributed by atoms with Gasteiger partial charge in [-0.25, -0.2) is 0 Å². The van der Waals surface area contributed by atoms with E-state index in [0.717, 1.165) is 41.8 Å². The van der Waals surface area contributed by atoms with E-state index in [4.69, 9.17) is 23.8 Å². The molecule has 122 valence electrons. The highest BCUT2D eigenvalue weighted by molar-refractivity contribution is 7.80. The lowest BCUT2D eigenvalue weighted by molar-refractivity contribution is 0.159. The van der Waals surface area contributed by atoms with Crippen LogP contribution in [-0.2, 0) is 0 Å². The summed E-state index contributed by atoms with van der Waals surface area (Å²) in [5.74, 6) is 0. The molecule has 1 fully saturated rings. The van der Waals surface area contributed by atoms with Crippen molar-refractivity contribution < 1.29 is 0 Å². The largest absolute Gasteiger partial charge is 0.362 e. The van der Waals surface area contributed by atoms with Crippen molar-refractivity contribution in [2.75, 3.05) is 25.0 Å². The lowest BCUT2D eigenvalue weighted by Crippen LogP contribution is -2.39. The maximum Gasteiger partial charge on any atom is 0.170 e. The van der Waals surface area contributed by atoms with Crippen LogP contribution in [-0.4, -0.2) is 35.7 Å². The van der Waals surface area contributed by atoms with Gasteiger partial charge in [0.15, 0.2) is 5.11 Å². The fraction of sp³-hybridized carbons (Fsp3) is 0.588. The van der Waals surface area contributed by atoms with E-state index in [1.807, 2.05) is 25.1 Å². The molecular weight excluding hydrogens is 314 g/mol. The number of nitrogens with zero attached hydrogens (tertiary/aromatic N) is 1. The number of hydrogen-bond acceptors (Lipinski definition) is 2. The topological polar surface area (TPSA) is 27.3 Å². The van der Waals surface area contributed by atoms with Gasteiger partial charge < -0.3 is 15.5 Å². The zero-order valence-electron chi connectivity index (χ0n) is 13.5. The van der Waals surface area contributed by atoms with Crippen molar-refractivity contribution in [3.8, 4) is 0 Å². The number of rotatable bonds is 5. The Bertz CT molecular complexity index is 507. The second-order valence-electron chi connectivity index (χ2n) is 6.08. The third kappa shape index (κ3) is 5.41. The van der Waals surface area contributed by atoms with E-state index >= 15 is 0 Å². The van der Waals surface area contributed by atoms with Crippen LogP contribution in [0.4, 0.5) is 5.69 Å². The van der Waals surface area contributed by atoms with E-state index in [0.29, 0.717) is 5.11 Å². The molecule has 1 aliphatic heterocycles. The maximum absolute atomic E-state index is 6.11. The molecule has 1 atom stereocenters. The molecule has 1 aromatic rings. The fourth-order valence-electron chi connectivity index (χ4n) is 2.82. The van der Waals surface area contributed by atoms with Gasteiger partial charge in [-0.3, -0.25) is 0 Å². The van der Waals surface area contributed by atoms with Crippen molar-refractivity contribution in [3.63, 3.8) is 0 Å². The van der Waals surface area contributed by atoms with Gasteiger partial charge in [0.05, 0.1) is 0 Å². The minimum Gasteiger partial charge on any atom is -0.362 e. The highest BCUT2D eigenvalue weighted by Crippen LogP contribution is 2.20. The number of anilines is 1. The zero-order valence-corrected chi connectivity index (χ0v) is 15.1. The van der Waals surface area contributed by atoms with Crippen molar-refractivity contribution >= 4 is 34.6 Å². The molecule has 2 N–H and O–H groups in total. The Kier molecular flexibility index (Phi) is 6.93. The highest BCUT2D eigenvalue weighted by Gasteiger charge is 2.16. The number of likely N-dealkylation sites (tertiary alicyclic amines) is 1. The molecule has 1 aromatic carbocycles. The quantitative estimate of drug-likeness (QED) is 0.621. The Morgan fingerprint density at radius 3 is 2.95 bits per heavy atom. The third-order valence-electron chi connectivity index (χ3n) is 4.28. The lowest BCUT2D eigenvalue weighted by atomic mass is 10.0. The smallest absolute Gasteiger partial charge is 0.170 e. The van der Waals surface area contributed by atoms with Crippen LogP contribution in [0.5, 0.6) is 0 Å². The minimum absolute atomic E-state index is 0.659. The number of nitrogens with one attached hydrogen (secondary N) is 2. The zero-order chi connectivity index (χ0) is 15.9. The molecule has 0 spiro atoms. The molecule has 0 amide bonds. The Morgan fingerprint density at radius 2 is 2.23 bits per heavy atom. The van der Waals surface area contributed by atoms with Gasteiger partial charge in [-0.05, 0) is 69.6 Å². The Hall–Kier alpha value is -0.840. The number of hydrogen-bond donors (Lipinski definition) is 2. The molecule has 0 unspecified atom stereocenters. The average molecular weight is 340 g/mol. The summed E-state index contributed by atoms with van der Waals surface area (Å²) < 4.78 is 0. The molecule has 0 radical (unpaired) electrons. The number of benzene rings is 1. The summed E-state index contributed by atoms with van der Waals surface area (Å²) in [6.45, 7) is 7.61. The normalized spacial score (nSPS) is 19.0. The van der Waals surface area contributed by atoms with Gasteiger partial charge in [0.2, 0.25) is 0 Å². The molecule has 2 rings (SSSR count). The maximum atomic E-state index is 6.11. The monoisotopic (exact) mass is 339 g/mol. The van der Waals surface area contributed by atoms with Crippen molar-refractivity contribution in [1.82, 2.24) is 10.2 Å². The van der Waals surface area contributed by atoms with Gasteiger partial charge in [0.25, 0.3) is 0 Å². The third-order valence-corrected chi connectivity index (χ3v) is 4.93. The average Bonchev–Trinajstić information content (AvgIpc) is 2.49. The number of piperidine rings is 1. The van der Waals surface area contributed by atoms with Crippen LogP contribution in [0.1, 0.15) is 38.2 Å². The van der Waals surface area contributed by atoms with Crippen LogP contribution in [0.3, 0.4) is 0 Å². The summed E-state index contributed by atoms with van der Waals surface area (Å²) in [5, 5.41) is 7.86. The van der Waals surface area contributed by atoms with Crippen LogP contribution in [0.15, 0.2) is 18.2 Å². The molecule has 1 aliphatic rings. The molecule has 22 heavy (non-hydrogen) atoms. The standard InChI is InChI=1S/C17H26ClN3S/c1-13-7-8-15(12-16(13)18)20-17(22)19-9-5-11-21-10-4-3-6-14(21)2/h7-8,12,14H,3-6,9-11H2,1-2H3,(H2,19,20,22)/t14-/m1/s1. The summed E-state index contributed by atoms with van der Waals surface area (Å²) in [4.78, 5) is 2.58. The first-order valence-electron chi connectivity index (χ1n) is 8.11. The number of aryl methyl sites for hydroxylation is 1. The molecule has 0 aliphatic carbocycles. The van der Waals surface area contributed by atoms with Crippen LogP contribution in [0.25, 0.3) is 0 Å². The first kappa shape index (κ1) is 17.5. The van der Waals surface area contributed by atoms with Crippen molar-refractivity contribution in [2.24, 2.45) is 0 Å². The van der Waals surface area contributed by atoms with E-state index < -0.39 is 0 Å². The molecule has 0 bridgehead atoms. The lowest BCUT2D eigenvalue weighted by Gasteiger charge is -2.33. The molecule has 1 saturated heterocycles. The predicted octanol–water partition coefficient (Wildman–Crippen LogP) is 4.20. The van der Waals surface area contributed by atoms with E-state index in [2.05, 4.69) is 22.5 Å². The van der Waals surface area contributed by atoms with E-state index in [1.165, 1.54) is 25.8 Å². The molecule has 3 nitrogen and oxygen atoms in total. The molecular formula is C17H26ClN3S. The van der Waals surface area contributed by atoms with Gasteiger partial charge >= 0.3 is 0 Å². The Balaban J connectivity index is 1.66. The Labute approximate surface area is 144 Å².